The number of anilines is 3. The van der Waals surface area contributed by atoms with Crippen molar-refractivity contribution in [3.05, 3.63) is 71.6 Å². The standard InChI is InChI=1S/C22H23F2N5O3S/c1-4-33(31,32)28-14-6-8-19(27-20-7-5-13(23)9-18(20)24)15(10-14)17-12-29(3)22(30)21(25)16(17)11-26-2/h5-12,25-28H,4H2,1-3H3/b16-11-,25-21?. The minimum atomic E-state index is -3.58. The summed E-state index contributed by atoms with van der Waals surface area (Å²) < 4.78 is 54.3. The normalized spacial score (nSPS) is 15.5. The second kappa shape index (κ2) is 9.41. The lowest BCUT2D eigenvalue weighted by Crippen LogP contribution is -2.35. The minimum absolute atomic E-state index is 0.00500. The van der Waals surface area contributed by atoms with Gasteiger partial charge in [-0.2, -0.15) is 0 Å². The summed E-state index contributed by atoms with van der Waals surface area (Å²) in [6, 6.07) is 7.61. The highest BCUT2D eigenvalue weighted by molar-refractivity contribution is 7.92. The van der Waals surface area contributed by atoms with E-state index in [1.54, 1.807) is 7.05 Å². The number of benzene rings is 2. The number of carbonyl (C=O) groups is 1. The van der Waals surface area contributed by atoms with Gasteiger partial charge in [0.1, 0.15) is 17.3 Å². The van der Waals surface area contributed by atoms with E-state index in [9.17, 15) is 22.0 Å². The van der Waals surface area contributed by atoms with Crippen molar-refractivity contribution in [3.63, 3.8) is 0 Å². The highest BCUT2D eigenvalue weighted by Gasteiger charge is 2.29. The molecule has 0 saturated heterocycles. The van der Waals surface area contributed by atoms with Crippen LogP contribution in [0.1, 0.15) is 12.5 Å². The first-order chi connectivity index (χ1) is 15.6. The summed E-state index contributed by atoms with van der Waals surface area (Å²) in [5.41, 5.74) is 1.38. The summed E-state index contributed by atoms with van der Waals surface area (Å²) in [6.07, 6.45) is 2.98. The van der Waals surface area contributed by atoms with Crippen LogP contribution >= 0.6 is 0 Å². The summed E-state index contributed by atoms with van der Waals surface area (Å²) in [5, 5.41) is 14.0. The van der Waals surface area contributed by atoms with E-state index in [0.29, 0.717) is 16.8 Å². The molecule has 0 aliphatic carbocycles. The number of nitrogens with zero attached hydrogens (tertiary/aromatic N) is 1. The number of sulfonamides is 1. The van der Waals surface area contributed by atoms with Gasteiger partial charge in [0.15, 0.2) is 0 Å². The Kier molecular flexibility index (Phi) is 6.82. The third-order valence-electron chi connectivity index (χ3n) is 4.87. The number of allylic oxidation sites excluding steroid dienone is 1. The number of hydrogen-bond acceptors (Lipinski definition) is 6. The molecule has 3 rings (SSSR count). The average Bonchev–Trinajstić information content (AvgIpc) is 2.76. The van der Waals surface area contributed by atoms with E-state index in [1.165, 1.54) is 55.5 Å². The molecule has 2 aromatic carbocycles. The molecule has 4 N–H and O–H groups in total. The van der Waals surface area contributed by atoms with Gasteiger partial charge in [0.25, 0.3) is 5.91 Å². The Morgan fingerprint density at radius 3 is 2.45 bits per heavy atom. The van der Waals surface area contributed by atoms with Crippen molar-refractivity contribution in [2.75, 3.05) is 29.9 Å². The summed E-state index contributed by atoms with van der Waals surface area (Å²) in [5.74, 6) is -2.22. The zero-order valence-electron chi connectivity index (χ0n) is 18.2. The molecule has 0 bridgehead atoms. The number of carbonyl (C=O) groups excluding carboxylic acids is 1. The van der Waals surface area contributed by atoms with Crippen molar-refractivity contribution < 1.29 is 22.0 Å². The van der Waals surface area contributed by atoms with Crippen LogP contribution in [0.25, 0.3) is 5.57 Å². The molecule has 1 aliphatic rings. The van der Waals surface area contributed by atoms with E-state index in [4.69, 9.17) is 5.41 Å². The van der Waals surface area contributed by atoms with Gasteiger partial charge in [-0.05, 0) is 37.3 Å². The van der Waals surface area contributed by atoms with E-state index in [2.05, 4.69) is 15.4 Å². The molecule has 8 nitrogen and oxygen atoms in total. The van der Waals surface area contributed by atoms with Crippen LogP contribution < -0.4 is 15.4 Å². The number of amides is 1. The predicted octanol–water partition coefficient (Wildman–Crippen LogP) is 3.41. The van der Waals surface area contributed by atoms with Gasteiger partial charge in [0, 0.05) is 60.6 Å². The lowest BCUT2D eigenvalue weighted by molar-refractivity contribution is -0.120. The number of hydrogen-bond donors (Lipinski definition) is 4. The maximum absolute atomic E-state index is 14.3. The van der Waals surface area contributed by atoms with E-state index >= 15 is 0 Å². The van der Waals surface area contributed by atoms with Gasteiger partial charge in [-0.3, -0.25) is 14.9 Å². The van der Waals surface area contributed by atoms with Crippen molar-refractivity contribution in [3.8, 4) is 0 Å². The Labute approximate surface area is 190 Å². The Bertz CT molecular complexity index is 1290. The van der Waals surface area contributed by atoms with Gasteiger partial charge in [-0.15, -0.1) is 0 Å². The Morgan fingerprint density at radius 1 is 1.12 bits per heavy atom. The topological polar surface area (TPSA) is 114 Å². The molecule has 0 aromatic heterocycles. The predicted molar refractivity (Wildman–Crippen MR) is 125 cm³/mol. The molecule has 174 valence electrons. The molecule has 0 fully saturated rings. The van der Waals surface area contributed by atoms with Gasteiger partial charge < -0.3 is 15.5 Å². The number of nitrogens with one attached hydrogen (secondary N) is 4. The summed E-state index contributed by atoms with van der Waals surface area (Å²) in [6.45, 7) is 1.50. The van der Waals surface area contributed by atoms with Crippen molar-refractivity contribution in [2.24, 2.45) is 0 Å². The first-order valence-electron chi connectivity index (χ1n) is 9.89. The molecule has 33 heavy (non-hydrogen) atoms. The lowest BCUT2D eigenvalue weighted by atomic mass is 9.91. The first-order valence-corrected chi connectivity index (χ1v) is 11.5. The molecule has 1 heterocycles. The van der Waals surface area contributed by atoms with Gasteiger partial charge in [-0.1, -0.05) is 0 Å². The molecule has 0 atom stereocenters. The fourth-order valence-corrected chi connectivity index (χ4v) is 3.81. The fourth-order valence-electron chi connectivity index (χ4n) is 3.18. The molecule has 1 amide bonds. The van der Waals surface area contributed by atoms with Crippen LogP contribution in [0.15, 0.2) is 54.4 Å². The average molecular weight is 476 g/mol. The number of rotatable bonds is 7. The van der Waals surface area contributed by atoms with Crippen LogP contribution in [0.5, 0.6) is 0 Å². The molecule has 0 saturated carbocycles. The largest absolute Gasteiger partial charge is 0.393 e. The lowest BCUT2D eigenvalue weighted by Gasteiger charge is -2.26. The third kappa shape index (κ3) is 5.20. The van der Waals surface area contributed by atoms with Crippen molar-refractivity contribution in [1.29, 1.82) is 5.41 Å². The van der Waals surface area contributed by atoms with E-state index in [-0.39, 0.29) is 28.4 Å². The minimum Gasteiger partial charge on any atom is -0.393 e. The molecular weight excluding hydrogens is 452 g/mol. The smallest absolute Gasteiger partial charge is 0.276 e. The van der Waals surface area contributed by atoms with Gasteiger partial charge in [-0.25, -0.2) is 17.2 Å². The Morgan fingerprint density at radius 2 is 1.82 bits per heavy atom. The molecule has 1 aliphatic heterocycles. The van der Waals surface area contributed by atoms with Gasteiger partial charge in [0.2, 0.25) is 10.0 Å². The highest BCUT2D eigenvalue weighted by Crippen LogP contribution is 2.36. The molecule has 0 spiro atoms. The van der Waals surface area contributed by atoms with Crippen LogP contribution in [0.4, 0.5) is 25.8 Å². The van der Waals surface area contributed by atoms with Crippen molar-refractivity contribution in [1.82, 2.24) is 10.2 Å². The van der Waals surface area contributed by atoms with Gasteiger partial charge in [0.05, 0.1) is 11.4 Å². The van der Waals surface area contributed by atoms with Crippen LogP contribution in [-0.4, -0.2) is 44.8 Å². The number of halogens is 2. The monoisotopic (exact) mass is 475 g/mol. The Hall–Kier alpha value is -3.73. The van der Waals surface area contributed by atoms with E-state index in [1.807, 2.05) is 0 Å². The second-order valence-electron chi connectivity index (χ2n) is 7.20. The zero-order chi connectivity index (χ0) is 24.3. The van der Waals surface area contributed by atoms with Crippen LogP contribution in [-0.2, 0) is 14.8 Å². The third-order valence-corrected chi connectivity index (χ3v) is 6.18. The maximum atomic E-state index is 14.3. The van der Waals surface area contributed by atoms with Crippen LogP contribution in [0, 0.1) is 17.0 Å². The van der Waals surface area contributed by atoms with Crippen LogP contribution in [0.2, 0.25) is 0 Å². The summed E-state index contributed by atoms with van der Waals surface area (Å²) >= 11 is 0. The quantitative estimate of drug-likeness (QED) is 0.490. The highest BCUT2D eigenvalue weighted by atomic mass is 32.2. The molecule has 0 unspecified atom stereocenters. The molecule has 11 heteroatoms. The molecule has 0 radical (unpaired) electrons. The molecular formula is C22H23F2N5O3S. The van der Waals surface area contributed by atoms with Crippen molar-refractivity contribution in [2.45, 2.75) is 6.92 Å². The summed E-state index contributed by atoms with van der Waals surface area (Å²) in [4.78, 5) is 13.6. The maximum Gasteiger partial charge on any atom is 0.276 e. The molecule has 2 aromatic rings. The summed E-state index contributed by atoms with van der Waals surface area (Å²) in [7, 11) is -0.482. The second-order valence-corrected chi connectivity index (χ2v) is 9.21. The van der Waals surface area contributed by atoms with Crippen molar-refractivity contribution >= 4 is 44.3 Å². The van der Waals surface area contributed by atoms with E-state index in [0.717, 1.165) is 12.1 Å². The zero-order valence-corrected chi connectivity index (χ0v) is 19.0. The van der Waals surface area contributed by atoms with E-state index < -0.39 is 27.6 Å². The Balaban J connectivity index is 2.20. The first kappa shape index (κ1) is 23.9. The SMILES string of the molecule is CCS(=O)(=O)Nc1ccc(Nc2ccc(F)cc2F)c(C2=CN(C)C(=O)C(=N)/C2=C\NC)c1. The van der Waals surface area contributed by atoms with Gasteiger partial charge >= 0.3 is 0 Å². The fraction of sp³-hybridized carbons (Fsp3) is 0.182. The van der Waals surface area contributed by atoms with Crippen LogP contribution in [0.3, 0.4) is 0 Å².